The molecule has 1 amide bonds. The van der Waals surface area contributed by atoms with Crippen LogP contribution in [-0.4, -0.2) is 56.6 Å². The first kappa shape index (κ1) is 13.9. The number of hydrogen-bond donors (Lipinski definition) is 1. The molecule has 1 aliphatic heterocycles. The third-order valence-electron chi connectivity index (χ3n) is 3.39. The Labute approximate surface area is 126 Å². The largest absolute Gasteiger partial charge is 0.496 e. The van der Waals surface area contributed by atoms with Crippen LogP contribution in [0.15, 0.2) is 24.3 Å². The molecule has 21 heavy (non-hydrogen) atoms. The number of benzene rings is 1. The topological polar surface area (TPSA) is 84.0 Å². The smallest absolute Gasteiger partial charge is 0.258 e. The fourth-order valence-electron chi connectivity index (χ4n) is 2.35. The predicted molar refractivity (Wildman–Crippen MR) is 78.3 cm³/mol. The molecule has 0 aliphatic carbocycles. The van der Waals surface area contributed by atoms with E-state index < -0.39 is 0 Å². The number of thioether (sulfide) groups is 1. The average Bonchev–Trinajstić information content (AvgIpc) is 3.08. The summed E-state index contributed by atoms with van der Waals surface area (Å²) in [4.78, 5) is 14.6. The van der Waals surface area contributed by atoms with Crippen molar-refractivity contribution in [2.75, 3.05) is 25.2 Å². The Kier molecular flexibility index (Phi) is 4.05. The van der Waals surface area contributed by atoms with Crippen molar-refractivity contribution < 1.29 is 9.53 Å². The third kappa shape index (κ3) is 2.71. The van der Waals surface area contributed by atoms with Crippen molar-refractivity contribution in [3.05, 3.63) is 35.7 Å². The minimum Gasteiger partial charge on any atom is -0.496 e. The number of nitrogens with one attached hydrogen (secondary N) is 1. The Hall–Kier alpha value is -2.09. The number of tetrazole rings is 1. The van der Waals surface area contributed by atoms with Crippen LogP contribution in [0, 0.1) is 0 Å². The van der Waals surface area contributed by atoms with E-state index in [1.807, 2.05) is 12.1 Å². The van der Waals surface area contributed by atoms with E-state index in [4.69, 9.17) is 4.74 Å². The van der Waals surface area contributed by atoms with Crippen molar-refractivity contribution in [1.82, 2.24) is 25.5 Å². The second kappa shape index (κ2) is 6.13. The van der Waals surface area contributed by atoms with E-state index in [1.165, 1.54) is 0 Å². The Morgan fingerprint density at radius 3 is 3.10 bits per heavy atom. The second-order valence-corrected chi connectivity index (χ2v) is 5.71. The zero-order valence-electron chi connectivity index (χ0n) is 11.5. The van der Waals surface area contributed by atoms with Crippen LogP contribution in [0.2, 0.25) is 0 Å². The van der Waals surface area contributed by atoms with E-state index in [-0.39, 0.29) is 11.9 Å². The van der Waals surface area contributed by atoms with Crippen molar-refractivity contribution in [3.63, 3.8) is 0 Å². The normalized spacial score (nSPS) is 18.5. The molecule has 7 nitrogen and oxygen atoms in total. The summed E-state index contributed by atoms with van der Waals surface area (Å²) < 4.78 is 5.28. The standard InChI is InChI=1S/C13H15N5O2S/c1-20-11-5-3-2-4-9(11)13(19)18-6-7-21-8-10(18)12-14-16-17-15-12/h2-5,10H,6-8H2,1H3,(H,14,15,16,17)/t10-/m1/s1. The predicted octanol–water partition coefficient (Wildman–Crippen LogP) is 1.14. The van der Waals surface area contributed by atoms with Gasteiger partial charge in [-0.1, -0.05) is 17.3 Å². The maximum absolute atomic E-state index is 12.8. The maximum Gasteiger partial charge on any atom is 0.258 e. The second-order valence-electron chi connectivity index (χ2n) is 4.56. The van der Waals surface area contributed by atoms with Gasteiger partial charge in [0.25, 0.3) is 5.91 Å². The van der Waals surface area contributed by atoms with Crippen molar-refractivity contribution in [3.8, 4) is 5.75 Å². The summed E-state index contributed by atoms with van der Waals surface area (Å²) in [6, 6.07) is 7.07. The van der Waals surface area contributed by atoms with E-state index >= 15 is 0 Å². The van der Waals surface area contributed by atoms with Gasteiger partial charge in [-0.3, -0.25) is 4.79 Å². The fourth-order valence-corrected chi connectivity index (χ4v) is 3.39. The van der Waals surface area contributed by atoms with Crippen LogP contribution in [0.25, 0.3) is 0 Å². The number of methoxy groups -OCH3 is 1. The van der Waals surface area contributed by atoms with Crippen LogP contribution in [0.5, 0.6) is 5.75 Å². The van der Waals surface area contributed by atoms with Crippen molar-refractivity contribution in [2.45, 2.75) is 6.04 Å². The zero-order valence-corrected chi connectivity index (χ0v) is 12.3. The van der Waals surface area contributed by atoms with Gasteiger partial charge < -0.3 is 9.64 Å². The van der Waals surface area contributed by atoms with Crippen molar-refractivity contribution >= 4 is 17.7 Å². The molecule has 8 heteroatoms. The third-order valence-corrected chi connectivity index (χ3v) is 4.41. The van der Waals surface area contributed by atoms with Crippen LogP contribution < -0.4 is 4.74 Å². The molecule has 1 saturated heterocycles. The lowest BCUT2D eigenvalue weighted by molar-refractivity contribution is 0.0691. The quantitative estimate of drug-likeness (QED) is 0.915. The lowest BCUT2D eigenvalue weighted by Gasteiger charge is -2.33. The number of carbonyl (C=O) groups excluding carboxylic acids is 1. The summed E-state index contributed by atoms with van der Waals surface area (Å²) in [6.45, 7) is 0.654. The molecule has 2 heterocycles. The van der Waals surface area contributed by atoms with Crippen LogP contribution in [0.3, 0.4) is 0 Å². The highest BCUT2D eigenvalue weighted by Gasteiger charge is 2.32. The molecule has 1 fully saturated rings. The molecule has 1 aromatic heterocycles. The van der Waals surface area contributed by atoms with Gasteiger partial charge in [0, 0.05) is 18.1 Å². The van der Waals surface area contributed by atoms with Gasteiger partial charge in [-0.05, 0) is 12.1 Å². The molecule has 3 rings (SSSR count). The number of H-pyrrole nitrogens is 1. The maximum atomic E-state index is 12.8. The molecule has 1 aliphatic rings. The Bertz CT molecular complexity index is 619. The number of carbonyl (C=O) groups is 1. The molecule has 1 aromatic carbocycles. The number of ether oxygens (including phenoxy) is 1. The van der Waals surface area contributed by atoms with Gasteiger partial charge in [0.15, 0.2) is 5.82 Å². The summed E-state index contributed by atoms with van der Waals surface area (Å²) in [5, 5.41) is 14.1. The van der Waals surface area contributed by atoms with Crippen molar-refractivity contribution in [2.24, 2.45) is 0 Å². The number of rotatable bonds is 3. The molecule has 0 bridgehead atoms. The molecular weight excluding hydrogens is 290 g/mol. The molecule has 110 valence electrons. The Morgan fingerprint density at radius 1 is 1.48 bits per heavy atom. The van der Waals surface area contributed by atoms with Gasteiger partial charge >= 0.3 is 0 Å². The SMILES string of the molecule is COc1ccccc1C(=O)N1CCSC[C@@H]1c1nn[nH]n1. The van der Waals surface area contributed by atoms with Crippen LogP contribution in [0.1, 0.15) is 22.2 Å². The van der Waals surface area contributed by atoms with E-state index in [0.717, 1.165) is 11.5 Å². The lowest BCUT2D eigenvalue weighted by atomic mass is 10.1. The first-order valence-electron chi connectivity index (χ1n) is 6.56. The monoisotopic (exact) mass is 305 g/mol. The number of aromatic amines is 1. The highest BCUT2D eigenvalue weighted by Crippen LogP contribution is 2.30. The highest BCUT2D eigenvalue weighted by molar-refractivity contribution is 7.99. The number of para-hydroxylation sites is 1. The van der Waals surface area contributed by atoms with E-state index in [1.54, 1.807) is 35.9 Å². The lowest BCUT2D eigenvalue weighted by Crippen LogP contribution is -2.41. The highest BCUT2D eigenvalue weighted by atomic mass is 32.2. The van der Waals surface area contributed by atoms with E-state index in [2.05, 4.69) is 20.6 Å². The van der Waals surface area contributed by atoms with Gasteiger partial charge in [0.05, 0.1) is 12.7 Å². The summed E-state index contributed by atoms with van der Waals surface area (Å²) >= 11 is 1.78. The molecule has 1 N–H and O–H groups in total. The van der Waals surface area contributed by atoms with E-state index in [0.29, 0.717) is 23.7 Å². The first-order valence-corrected chi connectivity index (χ1v) is 7.72. The number of aromatic nitrogens is 4. The zero-order chi connectivity index (χ0) is 14.7. The fraction of sp³-hybridized carbons (Fsp3) is 0.385. The van der Waals surface area contributed by atoms with Gasteiger partial charge in [-0.15, -0.1) is 10.2 Å². The van der Waals surface area contributed by atoms with Gasteiger partial charge in [0.1, 0.15) is 11.8 Å². The van der Waals surface area contributed by atoms with Gasteiger partial charge in [-0.2, -0.15) is 17.0 Å². The summed E-state index contributed by atoms with van der Waals surface area (Å²) in [6.07, 6.45) is 0. The molecule has 0 unspecified atom stereocenters. The van der Waals surface area contributed by atoms with Crippen LogP contribution in [0.4, 0.5) is 0 Å². The number of hydrogen-bond acceptors (Lipinski definition) is 6. The Morgan fingerprint density at radius 2 is 2.33 bits per heavy atom. The molecule has 0 radical (unpaired) electrons. The summed E-state index contributed by atoms with van der Waals surface area (Å²) in [7, 11) is 1.56. The summed E-state index contributed by atoms with van der Waals surface area (Å²) in [5.41, 5.74) is 0.556. The first-order chi connectivity index (χ1) is 10.3. The average molecular weight is 305 g/mol. The van der Waals surface area contributed by atoms with E-state index in [9.17, 15) is 4.79 Å². The minimum atomic E-state index is -0.167. The molecule has 0 spiro atoms. The molecule has 1 atom stereocenters. The van der Waals surface area contributed by atoms with Gasteiger partial charge in [0.2, 0.25) is 0 Å². The van der Waals surface area contributed by atoms with Gasteiger partial charge in [-0.25, -0.2) is 0 Å². The summed E-state index contributed by atoms with van der Waals surface area (Å²) in [5.74, 6) is 2.72. The number of amides is 1. The van der Waals surface area contributed by atoms with Crippen LogP contribution >= 0.6 is 11.8 Å². The minimum absolute atomic E-state index is 0.0671. The molecular formula is C13H15N5O2S. The Balaban J connectivity index is 1.91. The molecule has 2 aromatic rings. The molecule has 0 saturated carbocycles. The van der Waals surface area contributed by atoms with Crippen LogP contribution in [-0.2, 0) is 0 Å². The van der Waals surface area contributed by atoms with Crippen molar-refractivity contribution in [1.29, 1.82) is 0 Å². The number of nitrogens with zero attached hydrogens (tertiary/aromatic N) is 4.